The second-order valence-corrected chi connectivity index (χ2v) is 12.0. The summed E-state index contributed by atoms with van der Waals surface area (Å²) in [5, 5.41) is 0. The number of halogens is 2. The van der Waals surface area contributed by atoms with Crippen LogP contribution in [-0.2, 0) is 0 Å². The average molecular weight is 505 g/mol. The van der Waals surface area contributed by atoms with E-state index in [9.17, 15) is 8.78 Å². The van der Waals surface area contributed by atoms with Crippen molar-refractivity contribution in [1.29, 1.82) is 0 Å². The van der Waals surface area contributed by atoms with E-state index in [1.807, 2.05) is 0 Å². The first kappa shape index (κ1) is 29.4. The van der Waals surface area contributed by atoms with Crippen molar-refractivity contribution in [3.05, 3.63) is 29.3 Å². The van der Waals surface area contributed by atoms with Gasteiger partial charge in [0.2, 0.25) is 5.82 Å². The number of benzene rings is 1. The third-order valence-electron chi connectivity index (χ3n) is 9.32. The van der Waals surface area contributed by atoms with Crippen LogP contribution in [0, 0.1) is 29.4 Å². The molecule has 3 heteroatoms. The normalized spacial score (nSPS) is 24.7. The maximum atomic E-state index is 15.0. The second-order valence-electron chi connectivity index (χ2n) is 12.0. The Balaban J connectivity index is 1.37. The Morgan fingerprint density at radius 2 is 1.19 bits per heavy atom. The van der Waals surface area contributed by atoms with Gasteiger partial charge in [0, 0.05) is 0 Å². The maximum absolute atomic E-state index is 15.0. The molecule has 0 aliphatic heterocycles. The van der Waals surface area contributed by atoms with E-state index in [0.29, 0.717) is 12.2 Å². The fourth-order valence-corrected chi connectivity index (χ4v) is 6.92. The molecule has 0 N–H and O–H groups in total. The fraction of sp³-hybridized carbons (Fsp3) is 0.818. The molecule has 206 valence electrons. The van der Waals surface area contributed by atoms with Gasteiger partial charge < -0.3 is 4.74 Å². The Labute approximate surface area is 221 Å². The zero-order valence-electron chi connectivity index (χ0n) is 23.5. The summed E-state index contributed by atoms with van der Waals surface area (Å²) in [6.07, 6.45) is 25.3. The summed E-state index contributed by atoms with van der Waals surface area (Å²) in [7, 11) is 0. The Bertz CT molecular complexity index is 717. The lowest BCUT2D eigenvalue weighted by Crippen LogP contribution is -2.25. The molecule has 3 rings (SSSR count). The highest BCUT2D eigenvalue weighted by Gasteiger charge is 2.32. The lowest BCUT2D eigenvalue weighted by Gasteiger charge is -2.38. The van der Waals surface area contributed by atoms with Gasteiger partial charge in [0.25, 0.3) is 0 Å². The molecule has 0 saturated heterocycles. The van der Waals surface area contributed by atoms with E-state index < -0.39 is 11.6 Å². The average Bonchev–Trinajstić information content (AvgIpc) is 2.91. The predicted molar refractivity (Wildman–Crippen MR) is 149 cm³/mol. The quantitative estimate of drug-likeness (QED) is 0.203. The summed E-state index contributed by atoms with van der Waals surface area (Å²) in [4.78, 5) is 0. The van der Waals surface area contributed by atoms with E-state index >= 15 is 0 Å². The largest absolute Gasteiger partial charge is 0.490 e. The molecule has 2 fully saturated rings. The maximum Gasteiger partial charge on any atom is 0.200 e. The van der Waals surface area contributed by atoms with E-state index in [1.165, 1.54) is 103 Å². The molecule has 2 saturated carbocycles. The second kappa shape index (κ2) is 16.7. The SMILES string of the molecule is CCCCCCCCOc1ccc(C2CCC(C3CCC(CCCCCCC)CC3)CC2)c(F)c1F. The van der Waals surface area contributed by atoms with Crippen molar-refractivity contribution in [1.82, 2.24) is 0 Å². The highest BCUT2D eigenvalue weighted by Crippen LogP contribution is 2.45. The van der Waals surface area contributed by atoms with Gasteiger partial charge in [0.05, 0.1) is 6.61 Å². The Morgan fingerprint density at radius 1 is 0.639 bits per heavy atom. The number of unbranched alkanes of at least 4 members (excludes halogenated alkanes) is 9. The van der Waals surface area contributed by atoms with Crippen molar-refractivity contribution >= 4 is 0 Å². The summed E-state index contributed by atoms with van der Waals surface area (Å²) in [5.41, 5.74) is 0.574. The molecule has 0 spiro atoms. The van der Waals surface area contributed by atoms with Crippen LogP contribution >= 0.6 is 0 Å². The van der Waals surface area contributed by atoms with Gasteiger partial charge in [-0.25, -0.2) is 4.39 Å². The third-order valence-corrected chi connectivity index (χ3v) is 9.32. The van der Waals surface area contributed by atoms with E-state index in [-0.39, 0.29) is 11.7 Å². The number of hydrogen-bond acceptors (Lipinski definition) is 1. The monoisotopic (exact) mass is 504 g/mol. The van der Waals surface area contributed by atoms with Crippen LogP contribution < -0.4 is 4.74 Å². The van der Waals surface area contributed by atoms with Crippen molar-refractivity contribution in [3.8, 4) is 5.75 Å². The van der Waals surface area contributed by atoms with Gasteiger partial charge in [-0.3, -0.25) is 0 Å². The van der Waals surface area contributed by atoms with Crippen LogP contribution in [0.3, 0.4) is 0 Å². The highest BCUT2D eigenvalue weighted by atomic mass is 19.2. The summed E-state index contributed by atoms with van der Waals surface area (Å²) in [6, 6.07) is 3.46. The number of ether oxygens (including phenoxy) is 1. The van der Waals surface area contributed by atoms with Crippen molar-refractivity contribution in [2.45, 2.75) is 148 Å². The Kier molecular flexibility index (Phi) is 13.6. The van der Waals surface area contributed by atoms with Crippen LogP contribution in [0.25, 0.3) is 0 Å². The minimum Gasteiger partial charge on any atom is -0.490 e. The topological polar surface area (TPSA) is 9.23 Å². The Hall–Kier alpha value is -1.12. The molecular formula is C33H54F2O. The Morgan fingerprint density at radius 3 is 1.83 bits per heavy atom. The first-order valence-electron chi connectivity index (χ1n) is 15.7. The molecule has 2 aliphatic carbocycles. The van der Waals surface area contributed by atoms with Gasteiger partial charge in [0.1, 0.15) is 0 Å². The molecule has 0 amide bonds. The molecule has 36 heavy (non-hydrogen) atoms. The summed E-state index contributed by atoms with van der Waals surface area (Å²) >= 11 is 0. The molecule has 1 aromatic carbocycles. The van der Waals surface area contributed by atoms with Crippen LogP contribution in [0.1, 0.15) is 154 Å². The highest BCUT2D eigenvalue weighted by molar-refractivity contribution is 5.33. The van der Waals surface area contributed by atoms with Crippen LogP contribution in [-0.4, -0.2) is 6.61 Å². The van der Waals surface area contributed by atoms with Crippen LogP contribution in [0.4, 0.5) is 8.78 Å². The minimum absolute atomic E-state index is 0.0839. The fourth-order valence-electron chi connectivity index (χ4n) is 6.92. The number of rotatable bonds is 16. The van der Waals surface area contributed by atoms with Gasteiger partial charge >= 0.3 is 0 Å². The molecule has 0 heterocycles. The van der Waals surface area contributed by atoms with Crippen molar-refractivity contribution in [3.63, 3.8) is 0 Å². The van der Waals surface area contributed by atoms with Gasteiger partial charge in [-0.05, 0) is 80.2 Å². The van der Waals surface area contributed by atoms with Gasteiger partial charge in [-0.15, -0.1) is 0 Å². The van der Waals surface area contributed by atoms with E-state index in [0.717, 1.165) is 43.4 Å². The zero-order valence-corrected chi connectivity index (χ0v) is 23.5. The first-order valence-corrected chi connectivity index (χ1v) is 15.7. The predicted octanol–water partition coefficient (Wildman–Crippen LogP) is 11.1. The molecular weight excluding hydrogens is 450 g/mol. The smallest absolute Gasteiger partial charge is 0.200 e. The molecule has 0 atom stereocenters. The molecule has 0 unspecified atom stereocenters. The molecule has 1 nitrogen and oxygen atoms in total. The lowest BCUT2D eigenvalue weighted by molar-refractivity contribution is 0.155. The lowest BCUT2D eigenvalue weighted by atomic mass is 9.68. The molecule has 0 bridgehead atoms. The first-order chi connectivity index (χ1) is 17.6. The van der Waals surface area contributed by atoms with E-state index in [4.69, 9.17) is 4.74 Å². The zero-order chi connectivity index (χ0) is 25.6. The standard InChI is InChI=1S/C33H54F2O/c1-3-5-7-9-11-13-25-36-31-24-23-30(32(34)33(31)35)29-21-19-28(20-22-29)27-17-15-26(16-18-27)14-12-10-8-6-4-2/h23-24,26-29H,3-22,25H2,1-2H3. The third kappa shape index (κ3) is 9.32. The van der Waals surface area contributed by atoms with Crippen molar-refractivity contribution in [2.75, 3.05) is 6.61 Å². The molecule has 0 aromatic heterocycles. The summed E-state index contributed by atoms with van der Waals surface area (Å²) in [5.74, 6) is 1.40. The van der Waals surface area contributed by atoms with Crippen molar-refractivity contribution < 1.29 is 13.5 Å². The molecule has 2 aliphatic rings. The van der Waals surface area contributed by atoms with Gasteiger partial charge in [-0.1, -0.05) is 103 Å². The summed E-state index contributed by atoms with van der Waals surface area (Å²) in [6.45, 7) is 4.96. The molecule has 1 aromatic rings. The van der Waals surface area contributed by atoms with Crippen molar-refractivity contribution in [2.24, 2.45) is 17.8 Å². The summed E-state index contributed by atoms with van der Waals surface area (Å²) < 4.78 is 35.3. The number of hydrogen-bond donors (Lipinski definition) is 0. The van der Waals surface area contributed by atoms with Crippen LogP contribution in [0.2, 0.25) is 0 Å². The van der Waals surface area contributed by atoms with E-state index in [2.05, 4.69) is 13.8 Å². The van der Waals surface area contributed by atoms with E-state index in [1.54, 1.807) is 12.1 Å². The van der Waals surface area contributed by atoms with Gasteiger partial charge in [-0.2, -0.15) is 4.39 Å². The van der Waals surface area contributed by atoms with Crippen LogP contribution in [0.5, 0.6) is 5.75 Å². The van der Waals surface area contributed by atoms with Gasteiger partial charge in [0.15, 0.2) is 11.6 Å². The molecule has 0 radical (unpaired) electrons. The minimum atomic E-state index is -0.784. The van der Waals surface area contributed by atoms with Crippen LogP contribution in [0.15, 0.2) is 12.1 Å².